The third-order valence-corrected chi connectivity index (χ3v) is 3.51. The Morgan fingerprint density at radius 3 is 2.73 bits per heavy atom. The summed E-state index contributed by atoms with van der Waals surface area (Å²) >= 11 is 3.41. The molecular formula is C10H15BrN2O2. The Labute approximate surface area is 97.4 Å². The quantitative estimate of drug-likeness (QED) is 0.785. The van der Waals surface area contributed by atoms with E-state index in [0.717, 1.165) is 5.33 Å². The SMILES string of the molecule is COc1ccc(=O)n(CC(C)(C)CBr)n1. The molecule has 0 aliphatic carbocycles. The minimum absolute atomic E-state index is 0.0107. The van der Waals surface area contributed by atoms with Gasteiger partial charge in [-0.2, -0.15) is 0 Å². The number of hydrogen-bond donors (Lipinski definition) is 0. The lowest BCUT2D eigenvalue weighted by atomic mass is 9.97. The molecule has 0 saturated heterocycles. The first-order chi connectivity index (χ1) is 6.98. The molecule has 4 nitrogen and oxygen atoms in total. The minimum atomic E-state index is -0.107. The average Bonchev–Trinajstić information content (AvgIpc) is 2.21. The molecule has 1 aromatic rings. The fourth-order valence-corrected chi connectivity index (χ4v) is 1.28. The van der Waals surface area contributed by atoms with Crippen LogP contribution >= 0.6 is 15.9 Å². The zero-order valence-corrected chi connectivity index (χ0v) is 10.7. The fraction of sp³-hybridized carbons (Fsp3) is 0.600. The Morgan fingerprint density at radius 1 is 1.53 bits per heavy atom. The molecule has 5 heteroatoms. The van der Waals surface area contributed by atoms with Crippen molar-refractivity contribution in [3.05, 3.63) is 22.5 Å². The van der Waals surface area contributed by atoms with Crippen LogP contribution in [-0.4, -0.2) is 22.2 Å². The lowest BCUT2D eigenvalue weighted by Gasteiger charge is -2.21. The largest absolute Gasteiger partial charge is 0.480 e. The smallest absolute Gasteiger partial charge is 0.266 e. The van der Waals surface area contributed by atoms with Crippen LogP contribution in [0.25, 0.3) is 0 Å². The fourth-order valence-electron chi connectivity index (χ4n) is 1.10. The van der Waals surface area contributed by atoms with E-state index in [0.29, 0.717) is 12.4 Å². The van der Waals surface area contributed by atoms with Crippen molar-refractivity contribution in [2.24, 2.45) is 5.41 Å². The van der Waals surface area contributed by atoms with Gasteiger partial charge in [0.05, 0.1) is 13.7 Å². The molecular weight excluding hydrogens is 260 g/mol. The first-order valence-electron chi connectivity index (χ1n) is 4.66. The van der Waals surface area contributed by atoms with Crippen molar-refractivity contribution in [1.29, 1.82) is 0 Å². The molecule has 1 heterocycles. The lowest BCUT2D eigenvalue weighted by molar-refractivity contribution is 0.308. The highest BCUT2D eigenvalue weighted by atomic mass is 79.9. The summed E-state index contributed by atoms with van der Waals surface area (Å²) in [5.41, 5.74) is -0.117. The number of nitrogens with zero attached hydrogens (tertiary/aromatic N) is 2. The lowest BCUT2D eigenvalue weighted by Crippen LogP contribution is -2.30. The van der Waals surface area contributed by atoms with Crippen LogP contribution in [0.2, 0.25) is 0 Å². The molecule has 84 valence electrons. The van der Waals surface area contributed by atoms with Gasteiger partial charge in [-0.1, -0.05) is 29.8 Å². The Bertz CT molecular complexity index is 387. The standard InChI is InChI=1S/C10H15BrN2O2/c1-10(2,6-11)7-13-9(14)5-4-8(12-13)15-3/h4-5H,6-7H2,1-3H3. The summed E-state index contributed by atoms with van der Waals surface area (Å²) in [7, 11) is 1.53. The second-order valence-electron chi connectivity index (χ2n) is 4.17. The Balaban J connectivity index is 2.98. The summed E-state index contributed by atoms with van der Waals surface area (Å²) in [5.74, 6) is 0.458. The van der Waals surface area contributed by atoms with Crippen LogP contribution in [-0.2, 0) is 6.54 Å². The molecule has 0 fully saturated rings. The predicted molar refractivity (Wildman–Crippen MR) is 62.6 cm³/mol. The number of rotatable bonds is 4. The summed E-state index contributed by atoms with van der Waals surface area (Å²) in [6.07, 6.45) is 0. The highest BCUT2D eigenvalue weighted by Gasteiger charge is 2.18. The van der Waals surface area contributed by atoms with Crippen molar-refractivity contribution in [1.82, 2.24) is 9.78 Å². The Hall–Kier alpha value is -0.840. The topological polar surface area (TPSA) is 44.1 Å². The molecule has 0 radical (unpaired) electrons. The molecule has 0 aromatic carbocycles. The molecule has 0 amide bonds. The number of hydrogen-bond acceptors (Lipinski definition) is 3. The van der Waals surface area contributed by atoms with Gasteiger partial charge in [-0.15, -0.1) is 5.10 Å². The highest BCUT2D eigenvalue weighted by molar-refractivity contribution is 9.09. The predicted octanol–water partition coefficient (Wildman–Crippen LogP) is 1.67. The van der Waals surface area contributed by atoms with Gasteiger partial charge in [0.15, 0.2) is 0 Å². The third-order valence-electron chi connectivity index (χ3n) is 1.99. The molecule has 0 N–H and O–H groups in total. The third kappa shape index (κ3) is 3.34. The number of aromatic nitrogens is 2. The minimum Gasteiger partial charge on any atom is -0.480 e. The normalized spacial score (nSPS) is 11.5. The zero-order chi connectivity index (χ0) is 11.5. The molecule has 0 saturated carbocycles. The van der Waals surface area contributed by atoms with Crippen LogP contribution in [0.4, 0.5) is 0 Å². The highest BCUT2D eigenvalue weighted by Crippen LogP contribution is 2.19. The maximum Gasteiger partial charge on any atom is 0.266 e. The molecule has 0 atom stereocenters. The molecule has 1 rings (SSSR count). The second-order valence-corrected chi connectivity index (χ2v) is 4.73. The van der Waals surface area contributed by atoms with Gasteiger partial charge in [0.1, 0.15) is 0 Å². The second kappa shape index (κ2) is 4.79. The van der Waals surface area contributed by atoms with E-state index >= 15 is 0 Å². The van der Waals surface area contributed by atoms with Crippen molar-refractivity contribution in [2.75, 3.05) is 12.4 Å². The van der Waals surface area contributed by atoms with Gasteiger partial charge in [0.2, 0.25) is 5.88 Å². The number of methoxy groups -OCH3 is 1. The monoisotopic (exact) mass is 274 g/mol. The van der Waals surface area contributed by atoms with Gasteiger partial charge >= 0.3 is 0 Å². The van der Waals surface area contributed by atoms with Crippen molar-refractivity contribution in [3.63, 3.8) is 0 Å². The van der Waals surface area contributed by atoms with Crippen molar-refractivity contribution < 1.29 is 4.74 Å². The summed E-state index contributed by atoms with van der Waals surface area (Å²) in [4.78, 5) is 11.5. The maximum atomic E-state index is 11.5. The van der Waals surface area contributed by atoms with E-state index in [9.17, 15) is 4.79 Å². The van der Waals surface area contributed by atoms with Crippen LogP contribution in [0.5, 0.6) is 5.88 Å². The molecule has 0 aliphatic heterocycles. The van der Waals surface area contributed by atoms with E-state index in [-0.39, 0.29) is 11.0 Å². The van der Waals surface area contributed by atoms with Crippen molar-refractivity contribution >= 4 is 15.9 Å². The van der Waals surface area contributed by atoms with Gasteiger partial charge in [0.25, 0.3) is 5.56 Å². The van der Waals surface area contributed by atoms with Crippen LogP contribution in [0.1, 0.15) is 13.8 Å². The number of alkyl halides is 1. The van der Waals surface area contributed by atoms with Crippen LogP contribution in [0, 0.1) is 5.41 Å². The first-order valence-corrected chi connectivity index (χ1v) is 5.79. The Kier molecular flexibility index (Phi) is 3.90. The summed E-state index contributed by atoms with van der Waals surface area (Å²) in [6.45, 7) is 4.69. The number of ether oxygens (including phenoxy) is 1. The van der Waals surface area contributed by atoms with Crippen LogP contribution in [0.3, 0.4) is 0 Å². The molecule has 1 aromatic heterocycles. The van der Waals surface area contributed by atoms with Gasteiger partial charge in [-0.3, -0.25) is 4.79 Å². The molecule has 0 unspecified atom stereocenters. The van der Waals surface area contributed by atoms with E-state index in [1.165, 1.54) is 17.9 Å². The van der Waals surface area contributed by atoms with E-state index in [2.05, 4.69) is 34.9 Å². The van der Waals surface area contributed by atoms with Gasteiger partial charge in [-0.05, 0) is 5.41 Å². The zero-order valence-electron chi connectivity index (χ0n) is 9.16. The number of halogens is 1. The van der Waals surface area contributed by atoms with Crippen molar-refractivity contribution in [2.45, 2.75) is 20.4 Å². The van der Waals surface area contributed by atoms with E-state index in [1.54, 1.807) is 6.07 Å². The molecule has 0 aliphatic rings. The first kappa shape index (κ1) is 12.2. The van der Waals surface area contributed by atoms with E-state index < -0.39 is 0 Å². The summed E-state index contributed by atoms with van der Waals surface area (Å²) < 4.78 is 6.41. The van der Waals surface area contributed by atoms with Crippen LogP contribution in [0.15, 0.2) is 16.9 Å². The van der Waals surface area contributed by atoms with Crippen LogP contribution < -0.4 is 10.3 Å². The molecule has 15 heavy (non-hydrogen) atoms. The van der Waals surface area contributed by atoms with Gasteiger partial charge in [0, 0.05) is 17.5 Å². The Morgan fingerprint density at radius 2 is 2.20 bits per heavy atom. The van der Waals surface area contributed by atoms with E-state index in [4.69, 9.17) is 4.74 Å². The summed E-state index contributed by atoms with van der Waals surface area (Å²) in [5, 5.41) is 4.90. The van der Waals surface area contributed by atoms with E-state index in [1.807, 2.05) is 0 Å². The van der Waals surface area contributed by atoms with Gasteiger partial charge in [-0.25, -0.2) is 4.68 Å². The maximum absolute atomic E-state index is 11.5. The average molecular weight is 275 g/mol. The molecule has 0 spiro atoms. The summed E-state index contributed by atoms with van der Waals surface area (Å²) in [6, 6.07) is 3.04. The van der Waals surface area contributed by atoms with Gasteiger partial charge < -0.3 is 4.74 Å². The van der Waals surface area contributed by atoms with Crippen molar-refractivity contribution in [3.8, 4) is 5.88 Å². The molecule has 0 bridgehead atoms.